The summed E-state index contributed by atoms with van der Waals surface area (Å²) in [7, 11) is 0. The summed E-state index contributed by atoms with van der Waals surface area (Å²) >= 11 is 0. The Bertz CT molecular complexity index is 292. The van der Waals surface area contributed by atoms with Crippen molar-refractivity contribution in [1.29, 1.82) is 0 Å². The van der Waals surface area contributed by atoms with E-state index in [1.54, 1.807) is 4.90 Å². The van der Waals surface area contributed by atoms with Crippen LogP contribution in [0.2, 0.25) is 0 Å². The van der Waals surface area contributed by atoms with Crippen molar-refractivity contribution < 1.29 is 24.2 Å². The van der Waals surface area contributed by atoms with Crippen molar-refractivity contribution >= 4 is 11.9 Å². The van der Waals surface area contributed by atoms with Gasteiger partial charge in [-0.1, -0.05) is 0 Å². The number of carbonyl (C=O) groups is 2. The van der Waals surface area contributed by atoms with Gasteiger partial charge in [-0.2, -0.15) is 0 Å². The van der Waals surface area contributed by atoms with Crippen LogP contribution in [-0.2, 0) is 19.1 Å². The average Bonchev–Trinajstić information content (AvgIpc) is 2.34. The molecule has 1 amide bonds. The van der Waals surface area contributed by atoms with E-state index in [-0.39, 0.29) is 25.2 Å². The van der Waals surface area contributed by atoms with Gasteiger partial charge in [0.1, 0.15) is 0 Å². The summed E-state index contributed by atoms with van der Waals surface area (Å²) in [6.45, 7) is 5.33. The lowest BCUT2D eigenvalue weighted by molar-refractivity contribution is -0.159. The minimum Gasteiger partial charge on any atom is -0.479 e. The van der Waals surface area contributed by atoms with Gasteiger partial charge in [-0.25, -0.2) is 4.79 Å². The lowest BCUT2D eigenvalue weighted by Gasteiger charge is -2.30. The van der Waals surface area contributed by atoms with Crippen molar-refractivity contribution in [2.45, 2.75) is 38.9 Å². The van der Waals surface area contributed by atoms with Crippen molar-refractivity contribution in [3.05, 3.63) is 0 Å². The molecule has 0 saturated carbocycles. The van der Waals surface area contributed by atoms with E-state index in [2.05, 4.69) is 0 Å². The second-order valence-electron chi connectivity index (χ2n) is 4.56. The summed E-state index contributed by atoms with van der Waals surface area (Å²) in [5.74, 6) is -1.05. The second kappa shape index (κ2) is 7.33. The molecule has 0 bridgehead atoms. The zero-order chi connectivity index (χ0) is 13.5. The molecule has 0 aliphatic carbocycles. The van der Waals surface area contributed by atoms with Crippen molar-refractivity contribution in [3.8, 4) is 0 Å². The largest absolute Gasteiger partial charge is 0.479 e. The van der Waals surface area contributed by atoms with Gasteiger partial charge < -0.3 is 19.5 Å². The highest BCUT2D eigenvalue weighted by Crippen LogP contribution is 2.08. The van der Waals surface area contributed by atoms with E-state index in [0.29, 0.717) is 26.0 Å². The van der Waals surface area contributed by atoms with E-state index in [1.807, 2.05) is 13.8 Å². The van der Waals surface area contributed by atoms with Crippen LogP contribution in [0, 0.1) is 0 Å². The molecule has 0 aromatic rings. The molecule has 1 unspecified atom stereocenters. The van der Waals surface area contributed by atoms with Crippen LogP contribution in [-0.4, -0.2) is 60.4 Å². The zero-order valence-electron chi connectivity index (χ0n) is 10.9. The number of morpholine rings is 1. The molecule has 104 valence electrons. The third-order valence-electron chi connectivity index (χ3n) is 2.68. The Morgan fingerprint density at radius 2 is 2.22 bits per heavy atom. The first-order valence-electron chi connectivity index (χ1n) is 6.24. The summed E-state index contributed by atoms with van der Waals surface area (Å²) < 4.78 is 10.4. The number of carboxylic acid groups (broad SMARTS) is 1. The van der Waals surface area contributed by atoms with Gasteiger partial charge in [-0.3, -0.25) is 4.79 Å². The summed E-state index contributed by atoms with van der Waals surface area (Å²) in [5, 5.41) is 8.83. The van der Waals surface area contributed by atoms with Gasteiger partial charge in [0.15, 0.2) is 6.10 Å². The molecule has 1 fully saturated rings. The van der Waals surface area contributed by atoms with Gasteiger partial charge in [0, 0.05) is 19.6 Å². The van der Waals surface area contributed by atoms with Crippen LogP contribution in [0.4, 0.5) is 0 Å². The van der Waals surface area contributed by atoms with Crippen molar-refractivity contribution in [2.75, 3.05) is 26.3 Å². The van der Waals surface area contributed by atoms with Crippen LogP contribution in [0.3, 0.4) is 0 Å². The summed E-state index contributed by atoms with van der Waals surface area (Å²) in [4.78, 5) is 24.2. The highest BCUT2D eigenvalue weighted by Gasteiger charge is 2.28. The highest BCUT2D eigenvalue weighted by atomic mass is 16.5. The standard InChI is InChI=1S/C12H21NO5/c1-9(2)17-6-3-4-11(14)13-5-7-18-10(8-13)12(15)16/h9-10H,3-8H2,1-2H3,(H,15,16). The van der Waals surface area contributed by atoms with Crippen molar-refractivity contribution in [3.63, 3.8) is 0 Å². The molecule has 0 spiro atoms. The Morgan fingerprint density at radius 3 is 2.83 bits per heavy atom. The molecule has 1 aliphatic rings. The predicted octanol–water partition coefficient (Wildman–Crippen LogP) is 0.504. The number of rotatable bonds is 6. The Labute approximate surface area is 107 Å². The maximum absolute atomic E-state index is 11.8. The fourth-order valence-electron chi connectivity index (χ4n) is 1.73. The van der Waals surface area contributed by atoms with Gasteiger partial charge in [-0.15, -0.1) is 0 Å². The lowest BCUT2D eigenvalue weighted by Crippen LogP contribution is -2.48. The van der Waals surface area contributed by atoms with E-state index in [1.165, 1.54) is 0 Å². The number of nitrogens with zero attached hydrogens (tertiary/aromatic N) is 1. The van der Waals surface area contributed by atoms with Crippen LogP contribution in [0.15, 0.2) is 0 Å². The Hall–Kier alpha value is -1.14. The minimum atomic E-state index is -1.02. The quantitative estimate of drug-likeness (QED) is 0.703. The van der Waals surface area contributed by atoms with E-state index in [4.69, 9.17) is 14.6 Å². The molecule has 0 aromatic carbocycles. The number of carboxylic acids is 1. The summed E-state index contributed by atoms with van der Waals surface area (Å²) in [6.07, 6.45) is 0.319. The van der Waals surface area contributed by atoms with Crippen LogP contribution in [0.1, 0.15) is 26.7 Å². The van der Waals surface area contributed by atoms with Gasteiger partial charge in [0.25, 0.3) is 0 Å². The maximum Gasteiger partial charge on any atom is 0.334 e. The number of carbonyl (C=O) groups excluding carboxylic acids is 1. The van der Waals surface area contributed by atoms with Gasteiger partial charge in [0.05, 0.1) is 19.3 Å². The first-order chi connectivity index (χ1) is 8.50. The highest BCUT2D eigenvalue weighted by molar-refractivity contribution is 5.78. The SMILES string of the molecule is CC(C)OCCCC(=O)N1CCOC(C(=O)O)C1. The average molecular weight is 259 g/mol. The molecule has 1 rings (SSSR count). The number of hydrogen-bond donors (Lipinski definition) is 1. The van der Waals surface area contributed by atoms with E-state index in [0.717, 1.165) is 0 Å². The minimum absolute atomic E-state index is 0.0306. The predicted molar refractivity (Wildman–Crippen MR) is 64.3 cm³/mol. The molecule has 1 saturated heterocycles. The first-order valence-corrected chi connectivity index (χ1v) is 6.24. The van der Waals surface area contributed by atoms with Gasteiger partial charge in [0.2, 0.25) is 5.91 Å². The molecule has 6 heteroatoms. The molecule has 1 N–H and O–H groups in total. The van der Waals surface area contributed by atoms with Crippen LogP contribution in [0.25, 0.3) is 0 Å². The number of amides is 1. The van der Waals surface area contributed by atoms with Crippen molar-refractivity contribution in [1.82, 2.24) is 4.90 Å². The van der Waals surface area contributed by atoms with Crippen LogP contribution in [0.5, 0.6) is 0 Å². The molecular weight excluding hydrogens is 238 g/mol. The van der Waals surface area contributed by atoms with E-state index in [9.17, 15) is 9.59 Å². The summed E-state index contributed by atoms with van der Waals surface area (Å²) in [5.41, 5.74) is 0. The van der Waals surface area contributed by atoms with Crippen LogP contribution >= 0.6 is 0 Å². The zero-order valence-corrected chi connectivity index (χ0v) is 10.9. The van der Waals surface area contributed by atoms with Crippen molar-refractivity contribution in [2.24, 2.45) is 0 Å². The van der Waals surface area contributed by atoms with Gasteiger partial charge >= 0.3 is 5.97 Å². The molecule has 1 heterocycles. The van der Waals surface area contributed by atoms with E-state index >= 15 is 0 Å². The Kier molecular flexibility index (Phi) is 6.07. The number of hydrogen-bond acceptors (Lipinski definition) is 4. The smallest absolute Gasteiger partial charge is 0.334 e. The summed E-state index contributed by atoms with van der Waals surface area (Å²) in [6, 6.07) is 0. The Morgan fingerprint density at radius 1 is 1.50 bits per heavy atom. The maximum atomic E-state index is 11.8. The molecule has 0 radical (unpaired) electrons. The fourth-order valence-corrected chi connectivity index (χ4v) is 1.73. The third-order valence-corrected chi connectivity index (χ3v) is 2.68. The number of aliphatic carboxylic acids is 1. The molecular formula is C12H21NO5. The monoisotopic (exact) mass is 259 g/mol. The van der Waals surface area contributed by atoms with E-state index < -0.39 is 12.1 Å². The van der Waals surface area contributed by atoms with Crippen LogP contribution < -0.4 is 0 Å². The number of ether oxygens (including phenoxy) is 2. The van der Waals surface area contributed by atoms with Gasteiger partial charge in [-0.05, 0) is 20.3 Å². The first kappa shape index (κ1) is 14.9. The molecule has 0 aromatic heterocycles. The Balaban J connectivity index is 2.26. The molecule has 1 atom stereocenters. The fraction of sp³-hybridized carbons (Fsp3) is 0.833. The topological polar surface area (TPSA) is 76.1 Å². The second-order valence-corrected chi connectivity index (χ2v) is 4.56. The normalized spacial score (nSPS) is 20.2. The lowest BCUT2D eigenvalue weighted by atomic mass is 10.2. The molecule has 18 heavy (non-hydrogen) atoms. The molecule has 6 nitrogen and oxygen atoms in total. The molecule has 1 aliphatic heterocycles. The third kappa shape index (κ3) is 5.01.